The van der Waals surface area contributed by atoms with Gasteiger partial charge in [-0.05, 0) is 55.3 Å². The Bertz CT molecular complexity index is 893. The zero-order chi connectivity index (χ0) is 20.1. The lowest BCUT2D eigenvalue weighted by Gasteiger charge is -2.16. The second-order valence-corrected chi connectivity index (χ2v) is 6.59. The molecule has 28 heavy (non-hydrogen) atoms. The topological polar surface area (TPSA) is 87.7 Å². The van der Waals surface area contributed by atoms with Gasteiger partial charge < -0.3 is 20.3 Å². The van der Waals surface area contributed by atoms with Gasteiger partial charge in [0.15, 0.2) is 6.61 Å². The Hall–Kier alpha value is -3.35. The summed E-state index contributed by atoms with van der Waals surface area (Å²) in [6, 6.07) is 12.2. The number of carbonyl (C=O) groups is 3. The molecule has 2 aromatic carbocycles. The lowest BCUT2D eigenvalue weighted by molar-refractivity contribution is -0.118. The van der Waals surface area contributed by atoms with Crippen LogP contribution in [-0.2, 0) is 9.59 Å². The average molecular weight is 381 g/mol. The number of benzene rings is 2. The number of carbonyl (C=O) groups excluding carboxylic acids is 3. The Morgan fingerprint density at radius 3 is 2.54 bits per heavy atom. The summed E-state index contributed by atoms with van der Waals surface area (Å²) in [7, 11) is 1.55. The van der Waals surface area contributed by atoms with E-state index in [2.05, 4.69) is 10.6 Å². The second kappa shape index (κ2) is 8.56. The molecule has 1 saturated heterocycles. The van der Waals surface area contributed by atoms with Crippen molar-refractivity contribution in [3.05, 3.63) is 53.6 Å². The summed E-state index contributed by atoms with van der Waals surface area (Å²) in [5.74, 6) is 0.128. The van der Waals surface area contributed by atoms with Gasteiger partial charge in [0.1, 0.15) is 5.75 Å². The molecule has 0 saturated carbocycles. The highest BCUT2D eigenvalue weighted by atomic mass is 16.5. The molecule has 0 atom stereocenters. The number of aryl methyl sites for hydroxylation is 1. The molecule has 3 rings (SSSR count). The Morgan fingerprint density at radius 1 is 1.14 bits per heavy atom. The van der Waals surface area contributed by atoms with E-state index in [-0.39, 0.29) is 24.3 Å². The largest absolute Gasteiger partial charge is 0.484 e. The van der Waals surface area contributed by atoms with Crippen LogP contribution in [-0.4, -0.2) is 37.9 Å². The Kier molecular flexibility index (Phi) is 5.93. The normalized spacial score (nSPS) is 13.4. The predicted molar refractivity (Wildman–Crippen MR) is 107 cm³/mol. The fraction of sp³-hybridized carbons (Fsp3) is 0.286. The van der Waals surface area contributed by atoms with Crippen LogP contribution in [0.5, 0.6) is 5.75 Å². The third kappa shape index (κ3) is 4.49. The molecule has 1 heterocycles. The van der Waals surface area contributed by atoms with Crippen molar-refractivity contribution in [3.8, 4) is 5.75 Å². The molecule has 7 heteroatoms. The molecule has 0 unspecified atom stereocenters. The van der Waals surface area contributed by atoms with E-state index in [1.165, 1.54) is 0 Å². The summed E-state index contributed by atoms with van der Waals surface area (Å²) in [5.41, 5.74) is 2.72. The van der Waals surface area contributed by atoms with Crippen LogP contribution in [0.4, 0.5) is 11.4 Å². The Morgan fingerprint density at radius 2 is 1.89 bits per heavy atom. The highest BCUT2D eigenvalue weighted by Crippen LogP contribution is 2.24. The first-order valence-electron chi connectivity index (χ1n) is 9.14. The third-order valence-electron chi connectivity index (χ3n) is 4.59. The van der Waals surface area contributed by atoms with Crippen LogP contribution in [0.25, 0.3) is 0 Å². The molecular weight excluding hydrogens is 358 g/mol. The van der Waals surface area contributed by atoms with Crippen LogP contribution in [0.2, 0.25) is 0 Å². The first kappa shape index (κ1) is 19.4. The first-order valence-corrected chi connectivity index (χ1v) is 9.14. The number of nitrogens with zero attached hydrogens (tertiary/aromatic N) is 1. The Labute approximate surface area is 163 Å². The first-order chi connectivity index (χ1) is 13.5. The van der Waals surface area contributed by atoms with E-state index >= 15 is 0 Å². The fourth-order valence-corrected chi connectivity index (χ4v) is 3.02. The molecule has 0 bridgehead atoms. The zero-order valence-electron chi connectivity index (χ0n) is 16.0. The van der Waals surface area contributed by atoms with Gasteiger partial charge in [-0.25, -0.2) is 0 Å². The minimum absolute atomic E-state index is 0.127. The lowest BCUT2D eigenvalue weighted by Crippen LogP contribution is -2.23. The quantitative estimate of drug-likeness (QED) is 0.805. The van der Waals surface area contributed by atoms with E-state index in [1.54, 1.807) is 42.3 Å². The molecule has 0 aromatic heterocycles. The van der Waals surface area contributed by atoms with Crippen molar-refractivity contribution in [2.75, 3.05) is 30.4 Å². The molecule has 0 aliphatic carbocycles. The van der Waals surface area contributed by atoms with Crippen LogP contribution < -0.4 is 20.3 Å². The summed E-state index contributed by atoms with van der Waals surface area (Å²) in [4.78, 5) is 37.5. The molecule has 2 N–H and O–H groups in total. The number of ether oxygens (including phenoxy) is 1. The van der Waals surface area contributed by atoms with Gasteiger partial charge in [-0.2, -0.15) is 0 Å². The predicted octanol–water partition coefficient (Wildman–Crippen LogP) is 2.50. The van der Waals surface area contributed by atoms with Gasteiger partial charge in [0.25, 0.3) is 11.8 Å². The van der Waals surface area contributed by atoms with Crippen molar-refractivity contribution >= 4 is 29.1 Å². The molecule has 0 spiro atoms. The van der Waals surface area contributed by atoms with E-state index in [9.17, 15) is 14.4 Å². The maximum Gasteiger partial charge on any atom is 0.262 e. The minimum Gasteiger partial charge on any atom is -0.484 e. The molecule has 2 aromatic rings. The van der Waals surface area contributed by atoms with Gasteiger partial charge in [0, 0.05) is 37.0 Å². The van der Waals surface area contributed by atoms with Crippen molar-refractivity contribution in [2.45, 2.75) is 19.8 Å². The molecule has 1 aliphatic rings. The van der Waals surface area contributed by atoms with E-state index in [0.29, 0.717) is 23.4 Å². The van der Waals surface area contributed by atoms with Crippen LogP contribution in [0, 0.1) is 6.92 Å². The van der Waals surface area contributed by atoms with Crippen molar-refractivity contribution in [3.63, 3.8) is 0 Å². The van der Waals surface area contributed by atoms with Crippen LogP contribution in [0.3, 0.4) is 0 Å². The van der Waals surface area contributed by atoms with Crippen LogP contribution in [0.15, 0.2) is 42.5 Å². The van der Waals surface area contributed by atoms with Gasteiger partial charge >= 0.3 is 0 Å². The summed E-state index contributed by atoms with van der Waals surface area (Å²) in [5, 5.41) is 5.32. The Balaban J connectivity index is 1.57. The molecule has 1 aliphatic heterocycles. The number of rotatable bonds is 6. The molecule has 146 valence electrons. The van der Waals surface area contributed by atoms with Crippen molar-refractivity contribution in [2.24, 2.45) is 0 Å². The number of nitrogens with one attached hydrogen (secondary N) is 2. The van der Waals surface area contributed by atoms with Crippen LogP contribution in [0.1, 0.15) is 28.8 Å². The molecule has 3 amide bonds. The van der Waals surface area contributed by atoms with Crippen molar-refractivity contribution < 1.29 is 19.1 Å². The van der Waals surface area contributed by atoms with E-state index in [1.807, 2.05) is 19.1 Å². The van der Waals surface area contributed by atoms with E-state index in [0.717, 1.165) is 24.2 Å². The molecular formula is C21H23N3O4. The number of anilines is 2. The number of hydrogen-bond acceptors (Lipinski definition) is 4. The number of hydrogen-bond donors (Lipinski definition) is 2. The molecule has 1 fully saturated rings. The van der Waals surface area contributed by atoms with Gasteiger partial charge in [-0.1, -0.05) is 6.07 Å². The fourth-order valence-electron chi connectivity index (χ4n) is 3.02. The summed E-state index contributed by atoms with van der Waals surface area (Å²) in [6.45, 7) is 2.42. The minimum atomic E-state index is -0.323. The van der Waals surface area contributed by atoms with Gasteiger partial charge in [-0.3, -0.25) is 14.4 Å². The smallest absolute Gasteiger partial charge is 0.262 e. The van der Waals surface area contributed by atoms with E-state index < -0.39 is 0 Å². The highest BCUT2D eigenvalue weighted by Gasteiger charge is 2.21. The van der Waals surface area contributed by atoms with Gasteiger partial charge in [0.2, 0.25) is 5.91 Å². The summed E-state index contributed by atoms with van der Waals surface area (Å²) >= 11 is 0. The van der Waals surface area contributed by atoms with E-state index in [4.69, 9.17) is 4.74 Å². The second-order valence-electron chi connectivity index (χ2n) is 6.59. The van der Waals surface area contributed by atoms with Crippen LogP contribution >= 0.6 is 0 Å². The zero-order valence-corrected chi connectivity index (χ0v) is 16.0. The third-order valence-corrected chi connectivity index (χ3v) is 4.59. The summed E-state index contributed by atoms with van der Waals surface area (Å²) in [6.07, 6.45) is 1.46. The standard InChI is InChI=1S/C21H23N3O4/c1-14-5-6-15(21(27)22-2)12-18(14)23-19(25)13-28-17-9-7-16(8-10-17)24-11-3-4-20(24)26/h5-10,12H,3-4,11,13H2,1-2H3,(H,22,27)(H,23,25). The van der Waals surface area contributed by atoms with Crippen molar-refractivity contribution in [1.82, 2.24) is 5.32 Å². The average Bonchev–Trinajstić information content (AvgIpc) is 3.13. The molecule has 0 radical (unpaired) electrons. The number of amides is 3. The van der Waals surface area contributed by atoms with Gasteiger partial charge in [0.05, 0.1) is 0 Å². The monoisotopic (exact) mass is 381 g/mol. The lowest BCUT2D eigenvalue weighted by atomic mass is 10.1. The SMILES string of the molecule is CNC(=O)c1ccc(C)c(NC(=O)COc2ccc(N3CCCC3=O)cc2)c1. The van der Waals surface area contributed by atoms with Crippen molar-refractivity contribution in [1.29, 1.82) is 0 Å². The summed E-state index contributed by atoms with van der Waals surface area (Å²) < 4.78 is 5.53. The van der Waals surface area contributed by atoms with Gasteiger partial charge in [-0.15, -0.1) is 0 Å². The highest BCUT2D eigenvalue weighted by molar-refractivity contribution is 5.98. The maximum absolute atomic E-state index is 12.2. The molecule has 7 nitrogen and oxygen atoms in total. The maximum atomic E-state index is 12.2.